The van der Waals surface area contributed by atoms with E-state index >= 15 is 0 Å². The van der Waals surface area contributed by atoms with E-state index in [0.29, 0.717) is 19.1 Å². The molecule has 1 aliphatic heterocycles. The van der Waals surface area contributed by atoms with Crippen molar-refractivity contribution in [2.45, 2.75) is 18.8 Å². The Bertz CT molecular complexity index is 387. The van der Waals surface area contributed by atoms with E-state index in [0.717, 1.165) is 25.3 Å². The van der Waals surface area contributed by atoms with Gasteiger partial charge < -0.3 is 14.8 Å². The zero-order chi connectivity index (χ0) is 13.5. The van der Waals surface area contributed by atoms with E-state index < -0.39 is 13.0 Å². The van der Waals surface area contributed by atoms with Crippen LogP contribution in [0, 0.1) is 0 Å². The lowest BCUT2D eigenvalue weighted by Gasteiger charge is -2.26. The lowest BCUT2D eigenvalue weighted by Crippen LogP contribution is -2.28. The number of halogens is 2. The van der Waals surface area contributed by atoms with Gasteiger partial charge in [-0.15, -0.1) is 0 Å². The van der Waals surface area contributed by atoms with Crippen molar-refractivity contribution >= 4 is 0 Å². The van der Waals surface area contributed by atoms with Crippen molar-refractivity contribution in [2.75, 3.05) is 32.9 Å². The molecule has 1 heterocycles. The molecule has 5 heteroatoms. The monoisotopic (exact) mass is 271 g/mol. The highest BCUT2D eigenvalue weighted by molar-refractivity contribution is 5.37. The molecular weight excluding hydrogens is 252 g/mol. The molecule has 0 fully saturated rings. The van der Waals surface area contributed by atoms with Crippen LogP contribution in [0.3, 0.4) is 0 Å². The Morgan fingerprint density at radius 3 is 3.05 bits per heavy atom. The molecule has 0 aliphatic carbocycles. The summed E-state index contributed by atoms with van der Waals surface area (Å²) in [5, 5.41) is 3.24. The molecule has 106 valence electrons. The second kappa shape index (κ2) is 7.40. The lowest BCUT2D eigenvalue weighted by atomic mass is 9.93. The van der Waals surface area contributed by atoms with Crippen LogP contribution in [0.2, 0.25) is 0 Å². The van der Waals surface area contributed by atoms with Gasteiger partial charge in [0.05, 0.1) is 13.2 Å². The van der Waals surface area contributed by atoms with Crippen LogP contribution in [0.25, 0.3) is 0 Å². The molecular formula is C14H19F2NO2. The average molecular weight is 271 g/mol. The molecule has 0 saturated heterocycles. The number of ether oxygens (including phenoxy) is 2. The smallest absolute Gasteiger partial charge is 0.261 e. The summed E-state index contributed by atoms with van der Waals surface area (Å²) in [5.41, 5.74) is 1.22. The first-order valence-electron chi connectivity index (χ1n) is 6.55. The van der Waals surface area contributed by atoms with Gasteiger partial charge >= 0.3 is 0 Å². The molecule has 0 amide bonds. The first-order chi connectivity index (χ1) is 9.27. The Balaban J connectivity index is 1.70. The highest BCUT2D eigenvalue weighted by atomic mass is 19.3. The van der Waals surface area contributed by atoms with Gasteiger partial charge in [0.15, 0.2) is 0 Å². The molecule has 1 aromatic rings. The predicted molar refractivity (Wildman–Crippen MR) is 69.0 cm³/mol. The van der Waals surface area contributed by atoms with Gasteiger partial charge in [-0.05, 0) is 18.1 Å². The Morgan fingerprint density at radius 1 is 1.37 bits per heavy atom. The number of nitrogens with one attached hydrogen (secondary N) is 1. The standard InChI is InChI=1S/C14H19F2NO2/c15-14(16)10-18-8-6-17-9-11-5-7-19-13-4-2-1-3-12(11)13/h1-4,11,14,17H,5-10H2. The molecule has 19 heavy (non-hydrogen) atoms. The van der Waals surface area contributed by atoms with E-state index in [1.165, 1.54) is 5.56 Å². The van der Waals surface area contributed by atoms with Crippen LogP contribution in [-0.2, 0) is 4.74 Å². The third kappa shape index (κ3) is 4.44. The molecule has 1 N–H and O–H groups in total. The van der Waals surface area contributed by atoms with Crippen molar-refractivity contribution in [3.8, 4) is 5.75 Å². The van der Waals surface area contributed by atoms with Crippen LogP contribution in [0.4, 0.5) is 8.78 Å². The predicted octanol–water partition coefficient (Wildman–Crippen LogP) is 2.42. The summed E-state index contributed by atoms with van der Waals surface area (Å²) < 4.78 is 34.1. The summed E-state index contributed by atoms with van der Waals surface area (Å²) in [6.07, 6.45) is -1.41. The number of hydrogen-bond donors (Lipinski definition) is 1. The number of para-hydroxylation sites is 1. The van der Waals surface area contributed by atoms with Crippen molar-refractivity contribution in [3.63, 3.8) is 0 Å². The largest absolute Gasteiger partial charge is 0.493 e. The zero-order valence-corrected chi connectivity index (χ0v) is 10.8. The maximum absolute atomic E-state index is 11.8. The number of benzene rings is 1. The Labute approximate surface area is 111 Å². The van der Waals surface area contributed by atoms with E-state index in [4.69, 9.17) is 9.47 Å². The number of hydrogen-bond acceptors (Lipinski definition) is 3. The van der Waals surface area contributed by atoms with Crippen molar-refractivity contribution in [3.05, 3.63) is 29.8 Å². The molecule has 2 rings (SSSR count). The summed E-state index contributed by atoms with van der Waals surface area (Å²) in [6.45, 7) is 1.97. The van der Waals surface area contributed by atoms with Crippen LogP contribution in [0.1, 0.15) is 17.9 Å². The average Bonchev–Trinajstić information content (AvgIpc) is 2.42. The maximum atomic E-state index is 11.8. The topological polar surface area (TPSA) is 30.5 Å². The van der Waals surface area contributed by atoms with Gasteiger partial charge in [0.25, 0.3) is 6.43 Å². The van der Waals surface area contributed by atoms with Gasteiger partial charge in [0, 0.05) is 19.0 Å². The molecule has 3 nitrogen and oxygen atoms in total. The van der Waals surface area contributed by atoms with Gasteiger partial charge in [-0.3, -0.25) is 0 Å². The van der Waals surface area contributed by atoms with Crippen molar-refractivity contribution in [1.29, 1.82) is 0 Å². The lowest BCUT2D eigenvalue weighted by molar-refractivity contribution is 0.0187. The second-order valence-corrected chi connectivity index (χ2v) is 4.54. The van der Waals surface area contributed by atoms with Crippen LogP contribution >= 0.6 is 0 Å². The number of alkyl halides is 2. The molecule has 0 radical (unpaired) electrons. The Hall–Kier alpha value is -1.20. The van der Waals surface area contributed by atoms with E-state index in [9.17, 15) is 8.78 Å². The SMILES string of the molecule is FC(F)COCCNCC1CCOc2ccccc21. The first-order valence-corrected chi connectivity index (χ1v) is 6.55. The first kappa shape index (κ1) is 14.2. The number of rotatable bonds is 7. The molecule has 0 spiro atoms. The minimum absolute atomic E-state index is 0.315. The molecule has 1 aromatic carbocycles. The summed E-state index contributed by atoms with van der Waals surface area (Å²) >= 11 is 0. The molecule has 0 bridgehead atoms. The Morgan fingerprint density at radius 2 is 2.21 bits per heavy atom. The molecule has 0 aromatic heterocycles. The third-order valence-electron chi connectivity index (χ3n) is 3.14. The fourth-order valence-electron chi connectivity index (χ4n) is 2.22. The van der Waals surface area contributed by atoms with E-state index in [2.05, 4.69) is 11.4 Å². The molecule has 1 atom stereocenters. The van der Waals surface area contributed by atoms with Crippen LogP contribution in [-0.4, -0.2) is 39.3 Å². The number of fused-ring (bicyclic) bond motifs is 1. The summed E-state index contributed by atoms with van der Waals surface area (Å²) in [5.74, 6) is 1.37. The van der Waals surface area contributed by atoms with Crippen molar-refractivity contribution in [2.24, 2.45) is 0 Å². The fourth-order valence-corrected chi connectivity index (χ4v) is 2.22. The summed E-state index contributed by atoms with van der Waals surface area (Å²) in [4.78, 5) is 0. The highest BCUT2D eigenvalue weighted by Gasteiger charge is 2.20. The highest BCUT2D eigenvalue weighted by Crippen LogP contribution is 2.32. The maximum Gasteiger partial charge on any atom is 0.261 e. The quantitative estimate of drug-likeness (QED) is 0.773. The van der Waals surface area contributed by atoms with Crippen LogP contribution in [0.5, 0.6) is 5.75 Å². The van der Waals surface area contributed by atoms with Crippen molar-refractivity contribution in [1.82, 2.24) is 5.32 Å². The van der Waals surface area contributed by atoms with Gasteiger partial charge in [-0.2, -0.15) is 0 Å². The molecule has 0 saturated carbocycles. The van der Waals surface area contributed by atoms with E-state index in [1.54, 1.807) is 0 Å². The molecule has 1 unspecified atom stereocenters. The van der Waals surface area contributed by atoms with Gasteiger partial charge in [0.2, 0.25) is 0 Å². The van der Waals surface area contributed by atoms with Gasteiger partial charge in [0.1, 0.15) is 12.4 Å². The third-order valence-corrected chi connectivity index (χ3v) is 3.14. The molecule has 1 aliphatic rings. The van der Waals surface area contributed by atoms with Gasteiger partial charge in [-0.25, -0.2) is 8.78 Å². The minimum Gasteiger partial charge on any atom is -0.493 e. The van der Waals surface area contributed by atoms with E-state index in [-0.39, 0.29) is 0 Å². The van der Waals surface area contributed by atoms with Crippen molar-refractivity contribution < 1.29 is 18.3 Å². The van der Waals surface area contributed by atoms with E-state index in [1.807, 2.05) is 18.2 Å². The normalized spacial score (nSPS) is 18.2. The minimum atomic E-state index is -2.39. The summed E-state index contributed by atoms with van der Waals surface area (Å²) in [6, 6.07) is 8.03. The zero-order valence-electron chi connectivity index (χ0n) is 10.8. The van der Waals surface area contributed by atoms with Gasteiger partial charge in [-0.1, -0.05) is 18.2 Å². The summed E-state index contributed by atoms with van der Waals surface area (Å²) in [7, 11) is 0. The Kier molecular flexibility index (Phi) is 5.54. The van der Waals surface area contributed by atoms with Crippen LogP contribution < -0.4 is 10.1 Å². The second-order valence-electron chi connectivity index (χ2n) is 4.54. The fraction of sp³-hybridized carbons (Fsp3) is 0.571. The van der Waals surface area contributed by atoms with Crippen LogP contribution in [0.15, 0.2) is 24.3 Å².